The van der Waals surface area contributed by atoms with Gasteiger partial charge in [0.2, 0.25) is 5.75 Å². The number of amides is 2. The van der Waals surface area contributed by atoms with Crippen molar-refractivity contribution in [2.75, 3.05) is 52.7 Å². The molecule has 244 valence electrons. The molecule has 0 radical (unpaired) electrons. The van der Waals surface area contributed by atoms with Gasteiger partial charge in [-0.25, -0.2) is 9.86 Å². The van der Waals surface area contributed by atoms with Crippen molar-refractivity contribution in [2.24, 2.45) is 0 Å². The molecule has 0 aromatic heterocycles. The number of methoxy groups -OCH3 is 4. The van der Waals surface area contributed by atoms with Gasteiger partial charge in [0.15, 0.2) is 23.0 Å². The lowest BCUT2D eigenvalue weighted by molar-refractivity contribution is -0.0379. The summed E-state index contributed by atoms with van der Waals surface area (Å²) >= 11 is 7.62. The van der Waals surface area contributed by atoms with Crippen molar-refractivity contribution in [3.63, 3.8) is 0 Å². The minimum Gasteiger partial charge on any atom is -0.493 e. The predicted molar refractivity (Wildman–Crippen MR) is 175 cm³/mol. The third kappa shape index (κ3) is 8.82. The van der Waals surface area contributed by atoms with E-state index in [-0.39, 0.29) is 18.8 Å². The van der Waals surface area contributed by atoms with Gasteiger partial charge in [0.05, 0.1) is 59.5 Å². The second kappa shape index (κ2) is 16.7. The molecule has 0 saturated carbocycles. The van der Waals surface area contributed by atoms with Crippen LogP contribution in [0, 0.1) is 0 Å². The van der Waals surface area contributed by atoms with Crippen LogP contribution in [-0.2, 0) is 4.74 Å². The molecule has 2 amide bonds. The van der Waals surface area contributed by atoms with E-state index < -0.39 is 6.03 Å². The highest BCUT2D eigenvalue weighted by Crippen LogP contribution is 2.48. The summed E-state index contributed by atoms with van der Waals surface area (Å²) in [7, 11) is 6.28. The lowest BCUT2D eigenvalue weighted by atomic mass is 10.0. The van der Waals surface area contributed by atoms with Crippen LogP contribution < -0.4 is 29.0 Å². The number of carbonyl (C=O) groups excluding carboxylic acids is 1. The molecule has 1 fully saturated rings. The van der Waals surface area contributed by atoms with Crippen molar-refractivity contribution < 1.29 is 38.4 Å². The normalized spacial score (nSPS) is 15.8. The molecule has 0 unspecified atom stereocenters. The number of thioether (sulfide) groups is 1. The quantitative estimate of drug-likeness (QED) is 0.0722. The van der Waals surface area contributed by atoms with Crippen molar-refractivity contribution in [1.82, 2.24) is 5.06 Å². The van der Waals surface area contributed by atoms with Gasteiger partial charge in [-0.15, -0.1) is 11.8 Å². The van der Waals surface area contributed by atoms with Gasteiger partial charge in [-0.2, -0.15) is 0 Å². The third-order valence-electron chi connectivity index (χ3n) is 7.36. The van der Waals surface area contributed by atoms with Crippen LogP contribution >= 0.6 is 23.4 Å². The molecule has 1 heterocycles. The molecule has 1 aliphatic heterocycles. The molecule has 45 heavy (non-hydrogen) atoms. The Morgan fingerprint density at radius 3 is 2.07 bits per heavy atom. The van der Waals surface area contributed by atoms with E-state index in [2.05, 4.69) is 5.32 Å². The van der Waals surface area contributed by atoms with Crippen LogP contribution in [0.4, 0.5) is 10.5 Å². The van der Waals surface area contributed by atoms with E-state index in [0.717, 1.165) is 35.3 Å². The van der Waals surface area contributed by atoms with E-state index in [1.807, 2.05) is 55.5 Å². The lowest BCUT2D eigenvalue weighted by Gasteiger charge is -2.22. The first-order valence-corrected chi connectivity index (χ1v) is 16.1. The van der Waals surface area contributed by atoms with Crippen molar-refractivity contribution in [3.8, 4) is 28.7 Å². The van der Waals surface area contributed by atoms with Crippen LogP contribution in [-0.4, -0.2) is 63.6 Å². The fourth-order valence-electron chi connectivity index (χ4n) is 5.04. The number of hydrogen-bond acceptors (Lipinski definition) is 9. The van der Waals surface area contributed by atoms with Crippen LogP contribution in [0.25, 0.3) is 0 Å². The number of nitrogens with zero attached hydrogens (tertiary/aromatic N) is 1. The van der Waals surface area contributed by atoms with Crippen LogP contribution in [0.1, 0.15) is 55.9 Å². The molecule has 1 aliphatic rings. The van der Waals surface area contributed by atoms with Gasteiger partial charge in [0.1, 0.15) is 0 Å². The number of urea groups is 1. The highest BCUT2D eigenvalue weighted by molar-refractivity contribution is 7.99. The SMILES string of the molecule is CCCCN(O)C(=O)Nc1cc([C@@H]2CC[C@@H](c3cc(OC)c(OC)c(OC)c3)O2)cc(OC)c1OCCSc1ccc(Cl)cc1. The Balaban J connectivity index is 1.57. The minimum absolute atomic E-state index is 0.204. The van der Waals surface area contributed by atoms with E-state index in [0.29, 0.717) is 63.3 Å². The van der Waals surface area contributed by atoms with Gasteiger partial charge in [0, 0.05) is 15.7 Å². The first-order valence-electron chi connectivity index (χ1n) is 14.8. The van der Waals surface area contributed by atoms with Gasteiger partial charge < -0.3 is 33.7 Å². The van der Waals surface area contributed by atoms with Crippen molar-refractivity contribution >= 4 is 35.1 Å². The fraction of sp³-hybridized carbons (Fsp3) is 0.424. The Bertz CT molecular complexity index is 1400. The highest BCUT2D eigenvalue weighted by Gasteiger charge is 2.31. The molecule has 0 aliphatic carbocycles. The van der Waals surface area contributed by atoms with E-state index in [4.69, 9.17) is 40.0 Å². The monoisotopic (exact) mass is 660 g/mol. The summed E-state index contributed by atoms with van der Waals surface area (Å²) in [5.74, 6) is 3.08. The molecule has 4 rings (SSSR count). The number of unbranched alkanes of at least 4 members (excludes halogenated alkanes) is 1. The number of anilines is 1. The van der Waals surface area contributed by atoms with Gasteiger partial charge in [-0.3, -0.25) is 5.21 Å². The number of hydrogen-bond donors (Lipinski definition) is 2. The second-order valence-electron chi connectivity index (χ2n) is 10.3. The summed E-state index contributed by atoms with van der Waals surface area (Å²) in [5.41, 5.74) is 2.08. The molecule has 2 N–H and O–H groups in total. The molecular formula is C33H41ClN2O8S. The molecular weight excluding hydrogens is 620 g/mol. The first kappa shape index (κ1) is 34.4. The number of carbonyl (C=O) groups is 1. The summed E-state index contributed by atoms with van der Waals surface area (Å²) in [6.45, 7) is 2.53. The van der Waals surface area contributed by atoms with Crippen LogP contribution in [0.3, 0.4) is 0 Å². The molecule has 0 bridgehead atoms. The number of hydroxylamine groups is 2. The number of ether oxygens (including phenoxy) is 6. The Morgan fingerprint density at radius 1 is 0.933 bits per heavy atom. The summed E-state index contributed by atoms with van der Waals surface area (Å²) < 4.78 is 35.0. The van der Waals surface area contributed by atoms with Gasteiger partial charge in [-0.05, 0) is 78.9 Å². The van der Waals surface area contributed by atoms with Gasteiger partial charge in [0.25, 0.3) is 0 Å². The van der Waals surface area contributed by atoms with Crippen molar-refractivity contribution in [1.29, 1.82) is 0 Å². The fourth-order valence-corrected chi connectivity index (χ4v) is 5.90. The molecule has 12 heteroatoms. The Labute approximate surface area is 273 Å². The van der Waals surface area contributed by atoms with Gasteiger partial charge >= 0.3 is 6.03 Å². The summed E-state index contributed by atoms with van der Waals surface area (Å²) in [5, 5.41) is 14.5. The Kier molecular flexibility index (Phi) is 12.8. The first-order chi connectivity index (χ1) is 21.8. The maximum atomic E-state index is 12.9. The maximum absolute atomic E-state index is 12.9. The standard InChI is InChI=1S/C33H41ClN2O8S/c1-6-7-14-36(38)33(37)35-25-17-21(18-28(39-2)31(25)43-15-16-45-24-10-8-23(34)9-11-24)26-12-13-27(44-26)22-19-29(40-3)32(42-5)30(20-22)41-4/h8-11,17-20,26-27,38H,6-7,12-16H2,1-5H3,(H,35,37)/t26-,27-/m0/s1. The molecule has 10 nitrogen and oxygen atoms in total. The predicted octanol–water partition coefficient (Wildman–Crippen LogP) is 8.16. The van der Waals surface area contributed by atoms with Crippen molar-refractivity contribution in [2.45, 2.75) is 49.7 Å². The number of rotatable bonds is 15. The summed E-state index contributed by atoms with van der Waals surface area (Å²) in [4.78, 5) is 14.0. The number of nitrogens with one attached hydrogen (secondary N) is 1. The van der Waals surface area contributed by atoms with E-state index in [1.165, 1.54) is 0 Å². The van der Waals surface area contributed by atoms with E-state index >= 15 is 0 Å². The molecule has 0 spiro atoms. The topological polar surface area (TPSA) is 108 Å². The Morgan fingerprint density at radius 2 is 1.51 bits per heavy atom. The van der Waals surface area contributed by atoms with Crippen molar-refractivity contribution in [3.05, 3.63) is 64.7 Å². The zero-order chi connectivity index (χ0) is 32.3. The molecule has 3 aromatic carbocycles. The highest BCUT2D eigenvalue weighted by atomic mass is 35.5. The molecule has 2 atom stereocenters. The van der Waals surface area contributed by atoms with Gasteiger partial charge in [-0.1, -0.05) is 24.9 Å². The molecule has 1 saturated heterocycles. The van der Waals surface area contributed by atoms with Crippen LogP contribution in [0.2, 0.25) is 5.02 Å². The third-order valence-corrected chi connectivity index (χ3v) is 8.59. The summed E-state index contributed by atoms with van der Waals surface area (Å²) in [6, 6.07) is 14.4. The van der Waals surface area contributed by atoms with Crippen LogP contribution in [0.5, 0.6) is 28.7 Å². The zero-order valence-corrected chi connectivity index (χ0v) is 27.8. The van der Waals surface area contributed by atoms with Crippen LogP contribution in [0.15, 0.2) is 53.4 Å². The minimum atomic E-state index is -0.661. The lowest BCUT2D eigenvalue weighted by Crippen LogP contribution is -2.33. The second-order valence-corrected chi connectivity index (χ2v) is 11.9. The molecule has 3 aromatic rings. The maximum Gasteiger partial charge on any atom is 0.345 e. The van der Waals surface area contributed by atoms with E-state index in [1.54, 1.807) is 40.2 Å². The average molecular weight is 661 g/mol. The summed E-state index contributed by atoms with van der Waals surface area (Å²) in [6.07, 6.45) is 2.44. The van der Waals surface area contributed by atoms with E-state index in [9.17, 15) is 10.0 Å². The number of halogens is 1. The number of benzene rings is 3. The smallest absolute Gasteiger partial charge is 0.345 e. The largest absolute Gasteiger partial charge is 0.493 e. The zero-order valence-electron chi connectivity index (χ0n) is 26.3. The Hall–Kier alpha value is -3.51. The average Bonchev–Trinajstić information content (AvgIpc) is 3.56.